The van der Waals surface area contributed by atoms with Gasteiger partial charge < -0.3 is 10.1 Å². The Morgan fingerprint density at radius 2 is 1.88 bits per heavy atom. The molecular weight excluding hydrogens is 326 g/mol. The van der Waals surface area contributed by atoms with Crippen LogP contribution in [0.3, 0.4) is 0 Å². The number of rotatable bonds is 6. The van der Waals surface area contributed by atoms with Crippen molar-refractivity contribution in [3.05, 3.63) is 59.7 Å². The van der Waals surface area contributed by atoms with Crippen molar-refractivity contribution in [2.45, 2.75) is 24.9 Å². The first-order valence-corrected chi connectivity index (χ1v) is 9.26. The van der Waals surface area contributed by atoms with Gasteiger partial charge in [-0.25, -0.2) is 8.42 Å². The van der Waals surface area contributed by atoms with E-state index in [1.165, 1.54) is 14.0 Å². The van der Waals surface area contributed by atoms with E-state index in [4.69, 9.17) is 4.74 Å². The molecule has 0 saturated heterocycles. The number of anilines is 1. The van der Waals surface area contributed by atoms with Gasteiger partial charge in [0.05, 0.1) is 18.6 Å². The molecule has 0 aromatic heterocycles. The first kappa shape index (κ1) is 18.0. The number of methoxy groups -OCH3 is 1. The first-order valence-electron chi connectivity index (χ1n) is 7.54. The number of nitrogens with one attached hydrogen (secondary N) is 1. The molecule has 0 bridgehead atoms. The Hall–Kier alpha value is -2.34. The molecule has 6 heteroatoms. The molecule has 0 fully saturated rings. The number of hydrogen-bond acceptors (Lipinski definition) is 4. The molecule has 0 spiro atoms. The molecular formula is C18H21NO4S. The maximum absolute atomic E-state index is 12.5. The van der Waals surface area contributed by atoms with Crippen LogP contribution in [0.1, 0.15) is 18.1 Å². The summed E-state index contributed by atoms with van der Waals surface area (Å²) in [6.07, 6.45) is 0. The summed E-state index contributed by atoms with van der Waals surface area (Å²) < 4.78 is 30.2. The highest BCUT2D eigenvalue weighted by Crippen LogP contribution is 2.24. The maximum atomic E-state index is 12.5. The number of benzene rings is 2. The van der Waals surface area contributed by atoms with E-state index in [0.717, 1.165) is 5.56 Å². The minimum absolute atomic E-state index is 0.171. The van der Waals surface area contributed by atoms with Gasteiger partial charge in [-0.05, 0) is 31.5 Å². The van der Waals surface area contributed by atoms with E-state index in [0.29, 0.717) is 17.0 Å². The second kappa shape index (κ2) is 7.49. The number of hydrogen-bond donors (Lipinski definition) is 1. The number of carbonyl (C=O) groups excluding carboxylic acids is 1. The van der Waals surface area contributed by atoms with Crippen molar-refractivity contribution in [3.63, 3.8) is 0 Å². The molecule has 0 aliphatic rings. The highest BCUT2D eigenvalue weighted by molar-refractivity contribution is 7.92. The predicted octanol–water partition coefficient (Wildman–Crippen LogP) is 2.95. The smallest absolute Gasteiger partial charge is 0.242 e. The summed E-state index contributed by atoms with van der Waals surface area (Å²) in [5, 5.41) is 1.46. The molecule has 1 atom stereocenters. The lowest BCUT2D eigenvalue weighted by atomic mass is 10.2. The molecule has 0 aliphatic carbocycles. The standard InChI is InChI=1S/C18H21NO4S/c1-13-7-6-8-15(11-13)12-24(21,22)14(2)18(20)19-16-9-4-5-10-17(16)23-3/h4-11,14H,12H2,1-3H3,(H,19,20). The van der Waals surface area contributed by atoms with Gasteiger partial charge in [-0.3, -0.25) is 4.79 Å². The first-order chi connectivity index (χ1) is 11.3. The Morgan fingerprint density at radius 3 is 2.54 bits per heavy atom. The summed E-state index contributed by atoms with van der Waals surface area (Å²) in [6, 6.07) is 14.1. The third kappa shape index (κ3) is 4.35. The predicted molar refractivity (Wildman–Crippen MR) is 94.9 cm³/mol. The largest absolute Gasteiger partial charge is 0.495 e. The van der Waals surface area contributed by atoms with E-state index >= 15 is 0 Å². The molecule has 0 saturated carbocycles. The fourth-order valence-electron chi connectivity index (χ4n) is 2.30. The van der Waals surface area contributed by atoms with Crippen molar-refractivity contribution in [2.75, 3.05) is 12.4 Å². The zero-order valence-electron chi connectivity index (χ0n) is 13.9. The zero-order chi connectivity index (χ0) is 17.7. The van der Waals surface area contributed by atoms with Gasteiger partial charge in [-0.2, -0.15) is 0 Å². The summed E-state index contributed by atoms with van der Waals surface area (Å²) in [6.45, 7) is 3.30. The van der Waals surface area contributed by atoms with Crippen LogP contribution in [0, 0.1) is 6.92 Å². The van der Waals surface area contributed by atoms with E-state index in [9.17, 15) is 13.2 Å². The van der Waals surface area contributed by atoms with Crippen molar-refractivity contribution in [1.29, 1.82) is 0 Å². The summed E-state index contributed by atoms with van der Waals surface area (Å²) in [7, 11) is -2.13. The summed E-state index contributed by atoms with van der Waals surface area (Å²) >= 11 is 0. The van der Waals surface area contributed by atoms with Crippen LogP contribution in [0.15, 0.2) is 48.5 Å². The third-order valence-electron chi connectivity index (χ3n) is 3.72. The van der Waals surface area contributed by atoms with Crippen LogP contribution in [0.25, 0.3) is 0 Å². The van der Waals surface area contributed by atoms with Crippen LogP contribution in [-0.2, 0) is 20.4 Å². The van der Waals surface area contributed by atoms with Crippen molar-refractivity contribution >= 4 is 21.4 Å². The lowest BCUT2D eigenvalue weighted by molar-refractivity contribution is -0.115. The minimum atomic E-state index is -3.62. The van der Waals surface area contributed by atoms with Gasteiger partial charge in [-0.15, -0.1) is 0 Å². The fourth-order valence-corrected chi connectivity index (χ4v) is 3.58. The minimum Gasteiger partial charge on any atom is -0.495 e. The van der Waals surface area contributed by atoms with Crippen LogP contribution in [0.5, 0.6) is 5.75 Å². The molecule has 0 aliphatic heterocycles. The average Bonchev–Trinajstić information content (AvgIpc) is 2.54. The third-order valence-corrected chi connectivity index (χ3v) is 5.75. The van der Waals surface area contributed by atoms with Crippen molar-refractivity contribution < 1.29 is 17.9 Å². The second-order valence-electron chi connectivity index (χ2n) is 5.63. The Bertz CT molecular complexity index is 830. The van der Waals surface area contributed by atoms with Crippen molar-refractivity contribution in [1.82, 2.24) is 0 Å². The number of sulfone groups is 1. The lowest BCUT2D eigenvalue weighted by Gasteiger charge is -2.15. The number of aryl methyl sites for hydroxylation is 1. The molecule has 2 rings (SSSR count). The Kier molecular flexibility index (Phi) is 5.62. The van der Waals surface area contributed by atoms with Gasteiger partial charge in [0.1, 0.15) is 11.0 Å². The van der Waals surface area contributed by atoms with E-state index < -0.39 is 21.0 Å². The molecule has 1 N–H and O–H groups in total. The number of ether oxygens (including phenoxy) is 1. The summed E-state index contributed by atoms with van der Waals surface area (Å²) in [5.74, 6) is -0.267. The van der Waals surface area contributed by atoms with Crippen LogP contribution in [0.4, 0.5) is 5.69 Å². The van der Waals surface area contributed by atoms with Gasteiger partial charge in [-0.1, -0.05) is 42.0 Å². The van der Waals surface area contributed by atoms with Crippen LogP contribution >= 0.6 is 0 Å². The molecule has 1 unspecified atom stereocenters. The Balaban J connectivity index is 2.14. The van der Waals surface area contributed by atoms with E-state index in [1.54, 1.807) is 36.4 Å². The van der Waals surface area contributed by atoms with E-state index in [2.05, 4.69) is 5.32 Å². The van der Waals surface area contributed by atoms with Crippen molar-refractivity contribution in [2.24, 2.45) is 0 Å². The quantitative estimate of drug-likeness (QED) is 0.872. The SMILES string of the molecule is COc1ccccc1NC(=O)C(C)S(=O)(=O)Cc1cccc(C)c1. The maximum Gasteiger partial charge on any atom is 0.242 e. The van der Waals surface area contributed by atoms with E-state index in [-0.39, 0.29) is 5.75 Å². The average molecular weight is 347 g/mol. The molecule has 5 nitrogen and oxygen atoms in total. The molecule has 1 amide bonds. The van der Waals surface area contributed by atoms with Crippen LogP contribution < -0.4 is 10.1 Å². The van der Waals surface area contributed by atoms with Gasteiger partial charge in [0.25, 0.3) is 0 Å². The number of carbonyl (C=O) groups is 1. The van der Waals surface area contributed by atoms with Crippen LogP contribution in [0.2, 0.25) is 0 Å². The normalized spacial score (nSPS) is 12.5. The highest BCUT2D eigenvalue weighted by Gasteiger charge is 2.28. The molecule has 0 heterocycles. The van der Waals surface area contributed by atoms with Gasteiger partial charge >= 0.3 is 0 Å². The number of amides is 1. The summed E-state index contributed by atoms with van der Waals surface area (Å²) in [4.78, 5) is 12.3. The lowest BCUT2D eigenvalue weighted by Crippen LogP contribution is -2.33. The van der Waals surface area contributed by atoms with E-state index in [1.807, 2.05) is 19.1 Å². The highest BCUT2D eigenvalue weighted by atomic mass is 32.2. The zero-order valence-corrected chi connectivity index (χ0v) is 14.8. The van der Waals surface area contributed by atoms with Gasteiger partial charge in [0.15, 0.2) is 9.84 Å². The molecule has 2 aromatic carbocycles. The van der Waals surface area contributed by atoms with Gasteiger partial charge in [0.2, 0.25) is 5.91 Å². The molecule has 24 heavy (non-hydrogen) atoms. The van der Waals surface area contributed by atoms with Crippen LogP contribution in [-0.4, -0.2) is 26.7 Å². The Morgan fingerprint density at radius 1 is 1.17 bits per heavy atom. The van der Waals surface area contributed by atoms with Gasteiger partial charge in [0, 0.05) is 0 Å². The topological polar surface area (TPSA) is 72.5 Å². The molecule has 2 aromatic rings. The fraction of sp³-hybridized carbons (Fsp3) is 0.278. The summed E-state index contributed by atoms with van der Waals surface area (Å²) in [5.41, 5.74) is 2.10. The Labute approximate surface area is 142 Å². The molecule has 0 radical (unpaired) electrons. The monoisotopic (exact) mass is 347 g/mol. The van der Waals surface area contributed by atoms with Crippen molar-refractivity contribution in [3.8, 4) is 5.75 Å². The second-order valence-corrected chi connectivity index (χ2v) is 7.95. The molecule has 128 valence electrons. The number of para-hydroxylation sites is 2.